The van der Waals surface area contributed by atoms with Crippen molar-refractivity contribution < 1.29 is 17.9 Å². The van der Waals surface area contributed by atoms with Gasteiger partial charge in [0.25, 0.3) is 0 Å². The maximum Gasteiger partial charge on any atom is 0.416 e. The third kappa shape index (κ3) is 4.20. The van der Waals surface area contributed by atoms with Crippen molar-refractivity contribution in [3.63, 3.8) is 0 Å². The van der Waals surface area contributed by atoms with Crippen LogP contribution < -0.4 is 10.1 Å². The van der Waals surface area contributed by atoms with E-state index in [0.717, 1.165) is 35.4 Å². The van der Waals surface area contributed by atoms with Crippen LogP contribution >= 0.6 is 0 Å². The van der Waals surface area contributed by atoms with Gasteiger partial charge >= 0.3 is 6.18 Å². The Morgan fingerprint density at radius 3 is 2.63 bits per heavy atom. The summed E-state index contributed by atoms with van der Waals surface area (Å²) >= 11 is 0. The third-order valence-corrected chi connectivity index (χ3v) is 5.74. The van der Waals surface area contributed by atoms with Crippen LogP contribution in [0.4, 0.5) is 19.0 Å². The Morgan fingerprint density at radius 1 is 1.13 bits per heavy atom. The number of benzene rings is 2. The van der Waals surface area contributed by atoms with E-state index in [2.05, 4.69) is 15.5 Å². The molecule has 1 fully saturated rings. The van der Waals surface area contributed by atoms with Crippen LogP contribution in [0.25, 0.3) is 10.8 Å². The van der Waals surface area contributed by atoms with Gasteiger partial charge in [0.1, 0.15) is 5.75 Å². The number of alkyl halides is 3. The zero-order valence-corrected chi connectivity index (χ0v) is 17.0. The minimum Gasteiger partial charge on any atom is -0.490 e. The summed E-state index contributed by atoms with van der Waals surface area (Å²) < 4.78 is 45.9. The summed E-state index contributed by atoms with van der Waals surface area (Å²) in [5.41, 5.74) is 0.162. The first-order valence-electron chi connectivity index (χ1n) is 10.2. The van der Waals surface area contributed by atoms with Crippen molar-refractivity contribution in [2.24, 2.45) is 0 Å². The number of halogens is 3. The minimum absolute atomic E-state index is 0.212. The Balaban J connectivity index is 1.63. The van der Waals surface area contributed by atoms with E-state index in [1.165, 1.54) is 25.8 Å². The van der Waals surface area contributed by atoms with Gasteiger partial charge in [-0.25, -0.2) is 0 Å². The Kier molecular flexibility index (Phi) is 5.54. The maximum absolute atomic E-state index is 13.3. The largest absolute Gasteiger partial charge is 0.490 e. The molecule has 0 unspecified atom stereocenters. The number of anilines is 1. The Labute approximate surface area is 173 Å². The van der Waals surface area contributed by atoms with Crippen molar-refractivity contribution in [1.82, 2.24) is 10.2 Å². The van der Waals surface area contributed by atoms with Crippen molar-refractivity contribution in [2.45, 2.75) is 57.9 Å². The van der Waals surface area contributed by atoms with E-state index >= 15 is 0 Å². The average Bonchev–Trinajstić information content (AvgIpc) is 3.20. The summed E-state index contributed by atoms with van der Waals surface area (Å²) in [6.07, 6.45) is 2.01. The third-order valence-electron chi connectivity index (χ3n) is 5.74. The Hall–Kier alpha value is -2.83. The van der Waals surface area contributed by atoms with Crippen LogP contribution in [0.5, 0.6) is 5.75 Å². The Bertz CT molecular complexity index is 1050. The fourth-order valence-electron chi connectivity index (χ4n) is 4.15. The quantitative estimate of drug-likeness (QED) is 0.520. The van der Waals surface area contributed by atoms with Gasteiger partial charge in [-0.3, -0.25) is 0 Å². The molecule has 1 N–H and O–H groups in total. The van der Waals surface area contributed by atoms with Crippen molar-refractivity contribution in [2.75, 3.05) is 5.32 Å². The van der Waals surface area contributed by atoms with Gasteiger partial charge < -0.3 is 10.1 Å². The molecule has 1 heterocycles. The van der Waals surface area contributed by atoms with Crippen molar-refractivity contribution in [3.8, 4) is 5.75 Å². The van der Waals surface area contributed by atoms with E-state index in [1.807, 2.05) is 25.1 Å². The SMILES string of the molecule is Cc1c([C@@H](C)Nc2nncc3ccc(OC4CCCC4)cc23)cccc1C(F)(F)F. The summed E-state index contributed by atoms with van der Waals surface area (Å²) in [7, 11) is 0. The molecule has 4 rings (SSSR count). The number of nitrogens with one attached hydrogen (secondary N) is 1. The van der Waals surface area contributed by atoms with Crippen LogP contribution in [0, 0.1) is 6.92 Å². The first-order chi connectivity index (χ1) is 14.3. The van der Waals surface area contributed by atoms with Crippen LogP contribution in [0.3, 0.4) is 0 Å². The number of ether oxygens (including phenoxy) is 1. The number of aromatic nitrogens is 2. The highest BCUT2D eigenvalue weighted by Gasteiger charge is 2.33. The molecule has 1 aliphatic rings. The smallest absolute Gasteiger partial charge is 0.416 e. The zero-order valence-electron chi connectivity index (χ0n) is 17.0. The molecular weight excluding hydrogens is 391 g/mol. The topological polar surface area (TPSA) is 47.0 Å². The lowest BCUT2D eigenvalue weighted by atomic mass is 9.97. The van der Waals surface area contributed by atoms with Crippen LogP contribution in [-0.2, 0) is 6.18 Å². The van der Waals surface area contributed by atoms with Gasteiger partial charge in [0, 0.05) is 10.8 Å². The first kappa shape index (κ1) is 20.4. The second-order valence-electron chi connectivity index (χ2n) is 7.85. The molecule has 1 atom stereocenters. The lowest BCUT2D eigenvalue weighted by molar-refractivity contribution is -0.138. The molecule has 1 aliphatic carbocycles. The second kappa shape index (κ2) is 8.13. The predicted molar refractivity (Wildman–Crippen MR) is 111 cm³/mol. The summed E-state index contributed by atoms with van der Waals surface area (Å²) in [5.74, 6) is 1.29. The molecule has 4 nitrogen and oxygen atoms in total. The van der Waals surface area contributed by atoms with Gasteiger partial charge in [0.05, 0.1) is 23.9 Å². The van der Waals surface area contributed by atoms with Gasteiger partial charge in [-0.05, 0) is 74.9 Å². The standard InChI is InChI=1S/C23H24F3N3O/c1-14-19(8-5-9-21(14)23(24,25)26)15(2)28-22-20-12-18(30-17-6-3-4-7-17)11-10-16(20)13-27-29-22/h5,8-13,15,17H,3-4,6-7H2,1-2H3,(H,28,29)/t15-/m1/s1. The summed E-state index contributed by atoms with van der Waals surface area (Å²) in [5, 5.41) is 13.2. The molecule has 2 aromatic carbocycles. The maximum atomic E-state index is 13.3. The van der Waals surface area contributed by atoms with Crippen molar-refractivity contribution >= 4 is 16.6 Å². The lowest BCUT2D eigenvalue weighted by Gasteiger charge is -2.21. The molecule has 158 valence electrons. The highest BCUT2D eigenvalue weighted by molar-refractivity contribution is 5.92. The predicted octanol–water partition coefficient (Wildman–Crippen LogP) is 6.45. The number of nitrogens with zero attached hydrogens (tertiary/aromatic N) is 2. The zero-order chi connectivity index (χ0) is 21.3. The van der Waals surface area contributed by atoms with Crippen LogP contribution in [0.2, 0.25) is 0 Å². The number of hydrogen-bond acceptors (Lipinski definition) is 4. The van der Waals surface area contributed by atoms with Gasteiger partial charge in [-0.2, -0.15) is 18.3 Å². The normalized spacial score (nSPS) is 16.0. The fourth-order valence-corrected chi connectivity index (χ4v) is 4.15. The van der Waals surface area contributed by atoms with E-state index in [9.17, 15) is 13.2 Å². The number of hydrogen-bond donors (Lipinski definition) is 1. The molecule has 7 heteroatoms. The Morgan fingerprint density at radius 2 is 1.90 bits per heavy atom. The van der Waals surface area contributed by atoms with Gasteiger partial charge in [-0.15, -0.1) is 5.10 Å². The van der Waals surface area contributed by atoms with Gasteiger partial charge in [0.15, 0.2) is 5.82 Å². The van der Waals surface area contributed by atoms with Gasteiger partial charge in [-0.1, -0.05) is 12.1 Å². The molecule has 0 aliphatic heterocycles. The van der Waals surface area contributed by atoms with E-state index in [-0.39, 0.29) is 17.7 Å². The molecule has 1 saturated carbocycles. The van der Waals surface area contributed by atoms with Gasteiger partial charge in [0.2, 0.25) is 0 Å². The first-order valence-corrected chi connectivity index (χ1v) is 10.2. The van der Waals surface area contributed by atoms with E-state index in [1.54, 1.807) is 12.3 Å². The van der Waals surface area contributed by atoms with Crippen molar-refractivity contribution in [1.29, 1.82) is 0 Å². The number of fused-ring (bicyclic) bond motifs is 1. The molecule has 0 bridgehead atoms. The molecule has 0 amide bonds. The highest BCUT2D eigenvalue weighted by atomic mass is 19.4. The monoisotopic (exact) mass is 415 g/mol. The van der Waals surface area contributed by atoms with Crippen LogP contribution in [0.1, 0.15) is 55.3 Å². The van der Waals surface area contributed by atoms with E-state index < -0.39 is 11.7 Å². The molecule has 0 saturated heterocycles. The average molecular weight is 415 g/mol. The molecule has 30 heavy (non-hydrogen) atoms. The van der Waals surface area contributed by atoms with E-state index in [0.29, 0.717) is 11.4 Å². The molecule has 1 aromatic heterocycles. The molecular formula is C23H24F3N3O. The minimum atomic E-state index is -4.38. The van der Waals surface area contributed by atoms with Crippen LogP contribution in [-0.4, -0.2) is 16.3 Å². The van der Waals surface area contributed by atoms with Crippen LogP contribution in [0.15, 0.2) is 42.6 Å². The summed E-state index contributed by atoms with van der Waals surface area (Å²) in [6, 6.07) is 9.64. The lowest BCUT2D eigenvalue weighted by Crippen LogP contribution is -2.14. The fraction of sp³-hybridized carbons (Fsp3) is 0.391. The van der Waals surface area contributed by atoms with Crippen molar-refractivity contribution in [3.05, 3.63) is 59.3 Å². The number of rotatable bonds is 5. The van der Waals surface area contributed by atoms with E-state index in [4.69, 9.17) is 4.74 Å². The molecule has 0 radical (unpaired) electrons. The highest BCUT2D eigenvalue weighted by Crippen LogP contribution is 2.36. The summed E-state index contributed by atoms with van der Waals surface area (Å²) in [4.78, 5) is 0. The molecule has 0 spiro atoms. The molecule has 3 aromatic rings. The second-order valence-corrected chi connectivity index (χ2v) is 7.85. The summed E-state index contributed by atoms with van der Waals surface area (Å²) in [6.45, 7) is 3.32.